The number of methoxy groups -OCH3 is 1. The zero-order valence-corrected chi connectivity index (χ0v) is 13.0. The number of nitrogens with one attached hydrogen (secondary N) is 2. The van der Waals surface area contributed by atoms with E-state index < -0.39 is 10.0 Å². The molecule has 0 aliphatic carbocycles. The van der Waals surface area contributed by atoms with Crippen molar-refractivity contribution >= 4 is 33.1 Å². The van der Waals surface area contributed by atoms with Crippen molar-refractivity contribution in [3.8, 4) is 5.75 Å². The second-order valence-corrected chi connectivity index (χ2v) is 6.17. The van der Waals surface area contributed by atoms with E-state index in [1.165, 1.54) is 31.5 Å². The Morgan fingerprint density at radius 3 is 2.67 bits per heavy atom. The summed E-state index contributed by atoms with van der Waals surface area (Å²) in [5, 5.41) is 3.19. The fourth-order valence-corrected chi connectivity index (χ4v) is 2.91. The molecule has 0 saturated heterocycles. The lowest BCUT2D eigenvalue weighted by molar-refractivity contribution is 0.415. The third-order valence-electron chi connectivity index (χ3n) is 2.70. The Hall–Kier alpha value is -1.99. The van der Waals surface area contributed by atoms with E-state index in [-0.39, 0.29) is 4.90 Å². The summed E-state index contributed by atoms with van der Waals surface area (Å²) in [6, 6.07) is 7.48. The van der Waals surface area contributed by atoms with E-state index in [0.717, 1.165) is 0 Å². The molecule has 21 heavy (non-hydrogen) atoms. The Balaban J connectivity index is 2.32. The third-order valence-corrected chi connectivity index (χ3v) is 4.39. The van der Waals surface area contributed by atoms with Crippen LogP contribution >= 0.6 is 11.6 Å². The van der Waals surface area contributed by atoms with Crippen molar-refractivity contribution in [3.63, 3.8) is 0 Å². The van der Waals surface area contributed by atoms with Crippen LogP contribution in [0.1, 0.15) is 0 Å². The highest BCUT2D eigenvalue weighted by Crippen LogP contribution is 2.28. The summed E-state index contributed by atoms with van der Waals surface area (Å²) in [7, 11) is -0.590. The number of benzene rings is 1. The number of halogens is 1. The van der Waals surface area contributed by atoms with Gasteiger partial charge in [-0.1, -0.05) is 11.6 Å². The molecule has 0 atom stereocenters. The molecule has 8 heteroatoms. The number of rotatable bonds is 5. The molecule has 1 heterocycles. The summed E-state index contributed by atoms with van der Waals surface area (Å²) in [6.45, 7) is 0. The van der Waals surface area contributed by atoms with Gasteiger partial charge in [0.2, 0.25) is 0 Å². The number of sulfonamides is 1. The molecule has 0 saturated carbocycles. The van der Waals surface area contributed by atoms with Gasteiger partial charge in [0.15, 0.2) is 0 Å². The van der Waals surface area contributed by atoms with Gasteiger partial charge in [0.05, 0.1) is 22.7 Å². The Morgan fingerprint density at radius 1 is 1.24 bits per heavy atom. The lowest BCUT2D eigenvalue weighted by atomic mass is 10.3. The van der Waals surface area contributed by atoms with Gasteiger partial charge in [0.1, 0.15) is 11.6 Å². The maximum absolute atomic E-state index is 12.3. The predicted molar refractivity (Wildman–Crippen MR) is 82.6 cm³/mol. The van der Waals surface area contributed by atoms with Gasteiger partial charge in [-0.25, -0.2) is 13.4 Å². The van der Waals surface area contributed by atoms with Crippen molar-refractivity contribution in [2.24, 2.45) is 0 Å². The van der Waals surface area contributed by atoms with Crippen LogP contribution in [-0.2, 0) is 10.0 Å². The van der Waals surface area contributed by atoms with Crippen molar-refractivity contribution < 1.29 is 13.2 Å². The van der Waals surface area contributed by atoms with Crippen molar-refractivity contribution in [1.82, 2.24) is 4.98 Å². The third kappa shape index (κ3) is 3.56. The van der Waals surface area contributed by atoms with Crippen LogP contribution in [0.5, 0.6) is 5.75 Å². The quantitative estimate of drug-likeness (QED) is 0.882. The monoisotopic (exact) mass is 327 g/mol. The minimum atomic E-state index is -3.71. The van der Waals surface area contributed by atoms with Crippen LogP contribution in [-0.4, -0.2) is 27.6 Å². The van der Waals surface area contributed by atoms with E-state index in [1.54, 1.807) is 19.2 Å². The minimum Gasteiger partial charge on any atom is -0.495 e. The molecule has 2 N–H and O–H groups in total. The number of hydrogen-bond acceptors (Lipinski definition) is 5. The number of pyridine rings is 1. The smallest absolute Gasteiger partial charge is 0.262 e. The molecule has 6 nitrogen and oxygen atoms in total. The average Bonchev–Trinajstić information content (AvgIpc) is 2.49. The van der Waals surface area contributed by atoms with E-state index in [4.69, 9.17) is 16.3 Å². The summed E-state index contributed by atoms with van der Waals surface area (Å²) in [5.74, 6) is 0.856. The molecule has 0 aliphatic heterocycles. The number of aromatic nitrogens is 1. The second kappa shape index (κ2) is 6.19. The predicted octanol–water partition coefficient (Wildman–Crippen LogP) is 2.59. The first-order valence-corrected chi connectivity index (χ1v) is 7.82. The molecule has 0 unspecified atom stereocenters. The molecular weight excluding hydrogens is 314 g/mol. The summed E-state index contributed by atoms with van der Waals surface area (Å²) >= 11 is 5.91. The highest BCUT2D eigenvalue weighted by molar-refractivity contribution is 7.92. The van der Waals surface area contributed by atoms with Gasteiger partial charge in [-0.2, -0.15) is 0 Å². The van der Waals surface area contributed by atoms with Crippen molar-refractivity contribution in [2.75, 3.05) is 24.2 Å². The van der Waals surface area contributed by atoms with Crippen molar-refractivity contribution in [2.45, 2.75) is 4.90 Å². The molecule has 0 amide bonds. The summed E-state index contributed by atoms with van der Waals surface area (Å²) in [6.07, 6.45) is 1.42. The van der Waals surface area contributed by atoms with Gasteiger partial charge < -0.3 is 10.1 Å². The number of nitrogens with zero attached hydrogens (tertiary/aromatic N) is 1. The van der Waals surface area contributed by atoms with E-state index in [2.05, 4.69) is 15.0 Å². The molecule has 0 aliphatic rings. The first-order chi connectivity index (χ1) is 9.96. The first kappa shape index (κ1) is 15.4. The molecule has 0 radical (unpaired) electrons. The van der Waals surface area contributed by atoms with Crippen LogP contribution in [0.2, 0.25) is 5.02 Å². The van der Waals surface area contributed by atoms with Crippen molar-refractivity contribution in [1.29, 1.82) is 0 Å². The van der Waals surface area contributed by atoms with Crippen LogP contribution in [0.4, 0.5) is 11.5 Å². The van der Waals surface area contributed by atoms with E-state index >= 15 is 0 Å². The molecule has 1 aromatic heterocycles. The Labute approximate surface area is 128 Å². The van der Waals surface area contributed by atoms with Gasteiger partial charge in [-0.05, 0) is 18.2 Å². The van der Waals surface area contributed by atoms with E-state index in [9.17, 15) is 8.42 Å². The van der Waals surface area contributed by atoms with Crippen LogP contribution in [0, 0.1) is 0 Å². The topological polar surface area (TPSA) is 80.3 Å². The molecular formula is C13H14ClN3O3S. The molecule has 0 spiro atoms. The van der Waals surface area contributed by atoms with Gasteiger partial charge in [-0.3, -0.25) is 4.72 Å². The maximum atomic E-state index is 12.3. The summed E-state index contributed by atoms with van der Waals surface area (Å²) < 4.78 is 32.1. The first-order valence-electron chi connectivity index (χ1n) is 5.96. The highest BCUT2D eigenvalue weighted by atomic mass is 35.5. The Morgan fingerprint density at radius 2 is 2.00 bits per heavy atom. The Bertz CT molecular complexity index is 750. The van der Waals surface area contributed by atoms with E-state index in [0.29, 0.717) is 22.3 Å². The fraction of sp³-hybridized carbons (Fsp3) is 0.154. The Kier molecular flexibility index (Phi) is 4.54. The SMILES string of the molecule is CNc1cc(S(=O)(=O)Nc2ccc(Cl)c(OC)c2)ccn1. The highest BCUT2D eigenvalue weighted by Gasteiger charge is 2.15. The van der Waals surface area contributed by atoms with Gasteiger partial charge in [0.25, 0.3) is 10.0 Å². The molecule has 1 aromatic carbocycles. The fourth-order valence-electron chi connectivity index (χ4n) is 1.65. The average molecular weight is 328 g/mol. The van der Waals surface area contributed by atoms with Gasteiger partial charge in [0, 0.05) is 25.4 Å². The lowest BCUT2D eigenvalue weighted by Crippen LogP contribution is -2.13. The summed E-state index contributed by atoms with van der Waals surface area (Å²) in [5.41, 5.74) is 0.360. The number of anilines is 2. The van der Waals surface area contributed by atoms with Gasteiger partial charge in [-0.15, -0.1) is 0 Å². The van der Waals surface area contributed by atoms with Crippen LogP contribution in [0.15, 0.2) is 41.4 Å². The molecule has 0 fully saturated rings. The largest absolute Gasteiger partial charge is 0.495 e. The number of ether oxygens (including phenoxy) is 1. The standard InChI is InChI=1S/C13H14ClN3O3S/c1-15-13-8-10(5-6-16-13)21(18,19)17-9-3-4-11(14)12(7-9)20-2/h3-8,17H,1-2H3,(H,15,16). The molecule has 2 rings (SSSR count). The maximum Gasteiger partial charge on any atom is 0.262 e. The summed E-state index contributed by atoms with van der Waals surface area (Å²) in [4.78, 5) is 4.08. The molecule has 2 aromatic rings. The van der Waals surface area contributed by atoms with Crippen LogP contribution in [0.3, 0.4) is 0 Å². The second-order valence-electron chi connectivity index (χ2n) is 4.08. The van der Waals surface area contributed by atoms with Crippen LogP contribution < -0.4 is 14.8 Å². The number of hydrogen-bond donors (Lipinski definition) is 2. The van der Waals surface area contributed by atoms with Crippen molar-refractivity contribution in [3.05, 3.63) is 41.6 Å². The normalized spacial score (nSPS) is 11.0. The lowest BCUT2D eigenvalue weighted by Gasteiger charge is -2.10. The molecule has 112 valence electrons. The molecule has 0 bridgehead atoms. The zero-order chi connectivity index (χ0) is 15.5. The van der Waals surface area contributed by atoms with E-state index in [1.807, 2.05) is 0 Å². The van der Waals surface area contributed by atoms with Gasteiger partial charge >= 0.3 is 0 Å². The zero-order valence-electron chi connectivity index (χ0n) is 11.4. The minimum absolute atomic E-state index is 0.107. The van der Waals surface area contributed by atoms with Crippen LogP contribution in [0.25, 0.3) is 0 Å².